The summed E-state index contributed by atoms with van der Waals surface area (Å²) in [6.07, 6.45) is 8.40. The molecule has 156 valence electrons. The van der Waals surface area contributed by atoms with Crippen LogP contribution < -0.4 is 0 Å². The van der Waals surface area contributed by atoms with Crippen molar-refractivity contribution >= 4 is 22.7 Å². The lowest BCUT2D eigenvalue weighted by Crippen LogP contribution is -2.33. The van der Waals surface area contributed by atoms with E-state index in [0.717, 1.165) is 66.5 Å². The Hall–Kier alpha value is -1.29. The van der Waals surface area contributed by atoms with Crippen LogP contribution in [-0.2, 0) is 11.2 Å². The van der Waals surface area contributed by atoms with Gasteiger partial charge < -0.3 is 14.2 Å². The summed E-state index contributed by atoms with van der Waals surface area (Å²) < 4.78 is 7.55. The number of aliphatic hydroxyl groups is 1. The van der Waals surface area contributed by atoms with E-state index in [1.165, 1.54) is 18.5 Å². The highest BCUT2D eigenvalue weighted by Gasteiger charge is 2.30. The third-order valence-corrected chi connectivity index (χ3v) is 6.02. The Labute approximate surface area is 175 Å². The Balaban J connectivity index is 0.000000237. The molecule has 1 aliphatic carbocycles. The Bertz CT molecular complexity index is 782. The van der Waals surface area contributed by atoms with Crippen LogP contribution in [0.25, 0.3) is 11.1 Å². The molecular formula is C24H36ClNO2. The van der Waals surface area contributed by atoms with Gasteiger partial charge in [0, 0.05) is 30.5 Å². The van der Waals surface area contributed by atoms with Gasteiger partial charge in [0.2, 0.25) is 0 Å². The highest BCUT2D eigenvalue weighted by molar-refractivity contribution is 6.34. The van der Waals surface area contributed by atoms with Crippen LogP contribution in [0.3, 0.4) is 0 Å². The third-order valence-electron chi connectivity index (χ3n) is 5.71. The molecule has 4 heteroatoms. The maximum absolute atomic E-state index is 9.85. The van der Waals surface area contributed by atoms with Crippen molar-refractivity contribution in [2.75, 3.05) is 13.2 Å². The summed E-state index contributed by atoms with van der Waals surface area (Å²) in [5, 5.41) is 10.6. The lowest BCUT2D eigenvalue weighted by molar-refractivity contribution is -0.0159. The first-order valence-electron chi connectivity index (χ1n) is 10.6. The first-order chi connectivity index (χ1) is 13.3. The summed E-state index contributed by atoms with van der Waals surface area (Å²) in [6.45, 7) is 13.8. The van der Waals surface area contributed by atoms with Crippen LogP contribution >= 0.6 is 11.6 Å². The van der Waals surface area contributed by atoms with Crippen LogP contribution in [0.5, 0.6) is 0 Å². The van der Waals surface area contributed by atoms with E-state index in [1.807, 2.05) is 32.2 Å². The fourth-order valence-electron chi connectivity index (χ4n) is 4.08. The fourth-order valence-corrected chi connectivity index (χ4v) is 4.34. The molecule has 2 aromatic rings. The Morgan fingerprint density at radius 1 is 1.43 bits per heavy atom. The van der Waals surface area contributed by atoms with Crippen LogP contribution in [0.2, 0.25) is 5.02 Å². The average molecular weight is 406 g/mol. The van der Waals surface area contributed by atoms with Gasteiger partial charge in [0.1, 0.15) is 0 Å². The molecule has 1 fully saturated rings. The number of ether oxygens (including phenoxy) is 1. The van der Waals surface area contributed by atoms with Gasteiger partial charge in [-0.25, -0.2) is 0 Å². The van der Waals surface area contributed by atoms with Gasteiger partial charge in [-0.3, -0.25) is 0 Å². The van der Waals surface area contributed by atoms with E-state index >= 15 is 0 Å². The van der Waals surface area contributed by atoms with Gasteiger partial charge in [-0.15, -0.1) is 0 Å². The molecule has 0 aromatic carbocycles. The van der Waals surface area contributed by atoms with Gasteiger partial charge in [-0.1, -0.05) is 44.9 Å². The van der Waals surface area contributed by atoms with Crippen LogP contribution in [0.4, 0.5) is 0 Å². The smallest absolute Gasteiger partial charge is 0.0715 e. The molecule has 0 aliphatic heterocycles. The predicted molar refractivity (Wildman–Crippen MR) is 120 cm³/mol. The maximum atomic E-state index is 9.85. The van der Waals surface area contributed by atoms with Gasteiger partial charge in [-0.05, 0) is 62.8 Å². The summed E-state index contributed by atoms with van der Waals surface area (Å²) in [7, 11) is 0. The van der Waals surface area contributed by atoms with Crippen molar-refractivity contribution in [1.29, 1.82) is 0 Å². The van der Waals surface area contributed by atoms with E-state index in [-0.39, 0.29) is 5.60 Å². The van der Waals surface area contributed by atoms with Crippen LogP contribution in [0, 0.1) is 5.92 Å². The highest BCUT2D eigenvalue weighted by atomic mass is 35.5. The molecule has 3 nitrogen and oxygen atoms in total. The zero-order valence-electron chi connectivity index (χ0n) is 17.9. The van der Waals surface area contributed by atoms with Crippen LogP contribution in [-0.4, -0.2) is 28.3 Å². The van der Waals surface area contributed by atoms with E-state index < -0.39 is 0 Å². The average Bonchev–Trinajstić information content (AvgIpc) is 3.03. The minimum atomic E-state index is -0.308. The molecule has 1 unspecified atom stereocenters. The number of aromatic nitrogens is 1. The van der Waals surface area contributed by atoms with E-state index in [0.29, 0.717) is 0 Å². The van der Waals surface area contributed by atoms with Gasteiger partial charge in [-0.2, -0.15) is 0 Å². The molecule has 0 radical (unpaired) electrons. The molecule has 0 saturated heterocycles. The van der Waals surface area contributed by atoms with E-state index in [2.05, 4.69) is 30.9 Å². The molecule has 0 bridgehead atoms. The molecule has 3 rings (SSSR count). The Morgan fingerprint density at radius 2 is 2.18 bits per heavy atom. The molecule has 0 amide bonds. The largest absolute Gasteiger partial charge is 0.390 e. The third kappa shape index (κ3) is 5.85. The number of hydrogen-bond donors (Lipinski definition) is 1. The summed E-state index contributed by atoms with van der Waals surface area (Å²) >= 11 is 6.29. The lowest BCUT2D eigenvalue weighted by atomic mass is 9.78. The maximum Gasteiger partial charge on any atom is 0.0715 e. The molecule has 2 heterocycles. The fraction of sp³-hybridized carbons (Fsp3) is 0.583. The lowest BCUT2D eigenvalue weighted by Gasteiger charge is -2.34. The number of halogens is 1. The second-order valence-corrected chi connectivity index (χ2v) is 8.54. The van der Waals surface area contributed by atoms with Crippen molar-refractivity contribution in [3.05, 3.63) is 47.3 Å². The SMILES string of the molecule is C=C(C)c1cc(CCOCC)n2cccc(Cl)c12.CCC1(O)CCC[C@H](C)C1. The molecule has 28 heavy (non-hydrogen) atoms. The van der Waals surface area contributed by atoms with Gasteiger partial charge in [0.05, 0.1) is 22.7 Å². The zero-order chi connectivity index (χ0) is 20.7. The van der Waals surface area contributed by atoms with Crippen molar-refractivity contribution in [3.63, 3.8) is 0 Å². The summed E-state index contributed by atoms with van der Waals surface area (Å²) in [4.78, 5) is 0. The molecule has 1 saturated carbocycles. The number of pyridine rings is 1. The van der Waals surface area contributed by atoms with Gasteiger partial charge in [0.15, 0.2) is 0 Å². The quantitative estimate of drug-likeness (QED) is 0.553. The highest BCUT2D eigenvalue weighted by Crippen LogP contribution is 2.34. The summed E-state index contributed by atoms with van der Waals surface area (Å²) in [6, 6.07) is 6.03. The molecule has 2 atom stereocenters. The number of nitrogens with zero attached hydrogens (tertiary/aromatic N) is 1. The van der Waals surface area contributed by atoms with Gasteiger partial charge >= 0.3 is 0 Å². The zero-order valence-corrected chi connectivity index (χ0v) is 18.7. The topological polar surface area (TPSA) is 33.9 Å². The standard InChI is InChI=1S/C15H18ClNO.C9H18O/c1-4-18-9-7-12-10-13(11(2)3)15-14(16)6-5-8-17(12)15;1-3-9(10)6-4-5-8(2)7-9/h5-6,8,10H,2,4,7,9H2,1,3H3;8,10H,3-7H2,1-2H3/t;8-,9?/m.0/s1. The van der Waals surface area contributed by atoms with Crippen molar-refractivity contribution in [1.82, 2.24) is 4.40 Å². The first kappa shape index (κ1) is 23.0. The molecule has 1 aliphatic rings. The molecular weight excluding hydrogens is 370 g/mol. The number of fused-ring (bicyclic) bond motifs is 1. The first-order valence-corrected chi connectivity index (χ1v) is 10.9. The Morgan fingerprint density at radius 3 is 2.75 bits per heavy atom. The van der Waals surface area contributed by atoms with E-state index in [4.69, 9.17) is 16.3 Å². The molecule has 2 aromatic heterocycles. The summed E-state index contributed by atoms with van der Waals surface area (Å²) in [5.74, 6) is 0.735. The van der Waals surface area contributed by atoms with Crippen molar-refractivity contribution in [3.8, 4) is 0 Å². The monoisotopic (exact) mass is 405 g/mol. The van der Waals surface area contributed by atoms with E-state index in [1.54, 1.807) is 0 Å². The van der Waals surface area contributed by atoms with Crippen LogP contribution in [0.1, 0.15) is 71.1 Å². The predicted octanol–water partition coefficient (Wildman–Crippen LogP) is 6.54. The molecule has 0 spiro atoms. The Kier molecular flexibility index (Phi) is 8.60. The van der Waals surface area contributed by atoms with Crippen molar-refractivity contribution in [2.24, 2.45) is 5.92 Å². The molecule has 1 N–H and O–H groups in total. The minimum absolute atomic E-state index is 0.308. The minimum Gasteiger partial charge on any atom is -0.390 e. The number of rotatable bonds is 6. The normalized spacial score (nSPS) is 22.0. The number of hydrogen-bond acceptors (Lipinski definition) is 2. The second kappa shape index (κ2) is 10.5. The number of allylic oxidation sites excluding steroid dienone is 1. The van der Waals surface area contributed by atoms with Gasteiger partial charge in [0.25, 0.3) is 0 Å². The second-order valence-electron chi connectivity index (χ2n) is 8.13. The van der Waals surface area contributed by atoms with E-state index in [9.17, 15) is 5.11 Å². The van der Waals surface area contributed by atoms with Crippen molar-refractivity contribution < 1.29 is 9.84 Å². The van der Waals surface area contributed by atoms with Crippen LogP contribution in [0.15, 0.2) is 31.0 Å². The summed E-state index contributed by atoms with van der Waals surface area (Å²) in [5.41, 5.74) is 4.09. The van der Waals surface area contributed by atoms with Crippen molar-refractivity contribution in [2.45, 2.75) is 71.8 Å².